The quantitative estimate of drug-likeness (QED) is 0.636. The molecule has 0 aliphatic rings. The van der Waals surface area contributed by atoms with Crippen molar-refractivity contribution in [2.45, 2.75) is 17.1 Å². The van der Waals surface area contributed by atoms with Crippen molar-refractivity contribution in [1.29, 1.82) is 5.26 Å². The van der Waals surface area contributed by atoms with Crippen LogP contribution in [0.15, 0.2) is 41.7 Å². The average Bonchev–Trinajstić information content (AvgIpc) is 2.96. The van der Waals surface area contributed by atoms with Gasteiger partial charge in [0.2, 0.25) is 0 Å². The third kappa shape index (κ3) is 3.32. The Kier molecular flexibility index (Phi) is 4.39. The third-order valence-corrected chi connectivity index (χ3v) is 4.50. The first kappa shape index (κ1) is 16.6. The second-order valence-electron chi connectivity index (χ2n) is 4.85. The van der Waals surface area contributed by atoms with Crippen LogP contribution in [0.5, 0.6) is 0 Å². The highest BCUT2D eigenvalue weighted by molar-refractivity contribution is 7.98. The van der Waals surface area contributed by atoms with E-state index in [-0.39, 0.29) is 10.7 Å². The summed E-state index contributed by atoms with van der Waals surface area (Å²) in [6.07, 6.45) is -3.57. The Hall–Kier alpha value is -2.24. The fourth-order valence-corrected chi connectivity index (χ4v) is 3.12. The molecule has 0 N–H and O–H groups in total. The number of hydrogen-bond acceptors (Lipinski definition) is 4. The number of pyridine rings is 1. The van der Waals surface area contributed by atoms with Crippen LogP contribution >= 0.6 is 23.4 Å². The van der Waals surface area contributed by atoms with Gasteiger partial charge < -0.3 is 0 Å². The molecule has 3 aromatic rings. The Bertz CT molecular complexity index is 929. The Morgan fingerprint density at radius 3 is 2.54 bits per heavy atom. The molecule has 4 nitrogen and oxygen atoms in total. The topological polar surface area (TPSA) is 54.0 Å². The second kappa shape index (κ2) is 6.34. The highest BCUT2D eigenvalue weighted by Gasteiger charge is 2.32. The van der Waals surface area contributed by atoms with Gasteiger partial charge in [0, 0.05) is 11.9 Å². The lowest BCUT2D eigenvalue weighted by Crippen LogP contribution is -2.07. The maximum Gasteiger partial charge on any atom is 0.417 e. The number of hydrogen-bond donors (Lipinski definition) is 0. The van der Waals surface area contributed by atoms with E-state index < -0.39 is 11.7 Å². The first-order valence-corrected chi connectivity index (χ1v) is 7.98. The van der Waals surface area contributed by atoms with Crippen LogP contribution in [0.1, 0.15) is 16.7 Å². The molecule has 9 heteroatoms. The summed E-state index contributed by atoms with van der Waals surface area (Å²) >= 11 is 7.10. The van der Waals surface area contributed by atoms with Crippen LogP contribution in [-0.4, -0.2) is 14.6 Å². The van der Waals surface area contributed by atoms with Gasteiger partial charge in [0.05, 0.1) is 22.2 Å². The summed E-state index contributed by atoms with van der Waals surface area (Å²) in [7, 11) is 0. The first-order chi connectivity index (χ1) is 11.4. The van der Waals surface area contributed by atoms with Crippen molar-refractivity contribution in [3.8, 4) is 6.07 Å². The Labute approximate surface area is 143 Å². The summed E-state index contributed by atoms with van der Waals surface area (Å²) < 4.78 is 40.0. The number of benzene rings is 1. The summed E-state index contributed by atoms with van der Waals surface area (Å²) in [5.41, 5.74) is 0.763. The maximum atomic E-state index is 12.9. The van der Waals surface area contributed by atoms with Gasteiger partial charge >= 0.3 is 6.18 Å². The smallest absolute Gasteiger partial charge is 0.276 e. The lowest BCUT2D eigenvalue weighted by Gasteiger charge is -2.08. The number of thioether (sulfide) groups is 1. The van der Waals surface area contributed by atoms with Gasteiger partial charge in [-0.2, -0.15) is 18.4 Å². The van der Waals surface area contributed by atoms with Crippen LogP contribution in [0, 0.1) is 11.3 Å². The summed E-state index contributed by atoms with van der Waals surface area (Å²) in [6, 6.07) is 9.77. The van der Waals surface area contributed by atoms with E-state index in [1.807, 2.05) is 6.07 Å². The van der Waals surface area contributed by atoms with E-state index in [2.05, 4.69) is 10.2 Å². The van der Waals surface area contributed by atoms with E-state index in [1.165, 1.54) is 16.2 Å². The molecule has 2 heterocycles. The van der Waals surface area contributed by atoms with Crippen molar-refractivity contribution in [2.75, 3.05) is 0 Å². The highest BCUT2D eigenvalue weighted by atomic mass is 35.5. The molecule has 0 saturated heterocycles. The molecular formula is C15H8ClF3N4S. The van der Waals surface area contributed by atoms with Crippen molar-refractivity contribution in [1.82, 2.24) is 14.6 Å². The summed E-state index contributed by atoms with van der Waals surface area (Å²) in [4.78, 5) is 0. The van der Waals surface area contributed by atoms with Crippen molar-refractivity contribution in [3.05, 3.63) is 58.2 Å². The van der Waals surface area contributed by atoms with Gasteiger partial charge in [0.1, 0.15) is 0 Å². The SMILES string of the molecule is N#Cc1ccc(CSc2nnc3c(Cl)cc(C(F)(F)F)cn23)cc1. The number of alkyl halides is 3. The van der Waals surface area contributed by atoms with Crippen LogP contribution < -0.4 is 0 Å². The predicted molar refractivity (Wildman–Crippen MR) is 83.7 cm³/mol. The molecule has 0 amide bonds. The second-order valence-corrected chi connectivity index (χ2v) is 6.20. The van der Waals surface area contributed by atoms with Crippen LogP contribution in [-0.2, 0) is 11.9 Å². The van der Waals surface area contributed by atoms with Gasteiger partial charge in [-0.15, -0.1) is 10.2 Å². The van der Waals surface area contributed by atoms with E-state index in [4.69, 9.17) is 16.9 Å². The zero-order chi connectivity index (χ0) is 17.3. The normalized spacial score (nSPS) is 11.6. The van der Waals surface area contributed by atoms with E-state index in [9.17, 15) is 13.2 Å². The molecule has 24 heavy (non-hydrogen) atoms. The van der Waals surface area contributed by atoms with Crippen LogP contribution in [0.3, 0.4) is 0 Å². The largest absolute Gasteiger partial charge is 0.417 e. The molecule has 0 aliphatic heterocycles. The first-order valence-electron chi connectivity index (χ1n) is 6.62. The summed E-state index contributed by atoms with van der Waals surface area (Å²) in [5.74, 6) is 0.473. The molecular weight excluding hydrogens is 361 g/mol. The zero-order valence-corrected chi connectivity index (χ0v) is 13.5. The van der Waals surface area contributed by atoms with Gasteiger partial charge in [0.25, 0.3) is 0 Å². The van der Waals surface area contributed by atoms with Crippen molar-refractivity contribution in [3.63, 3.8) is 0 Å². The van der Waals surface area contributed by atoms with Crippen molar-refractivity contribution >= 4 is 29.0 Å². The van der Waals surface area contributed by atoms with Crippen LogP contribution in [0.2, 0.25) is 5.02 Å². The number of aromatic nitrogens is 3. The van der Waals surface area contributed by atoms with E-state index >= 15 is 0 Å². The van der Waals surface area contributed by atoms with Gasteiger partial charge in [-0.05, 0) is 23.8 Å². The van der Waals surface area contributed by atoms with Gasteiger partial charge in [0.15, 0.2) is 10.8 Å². The molecule has 1 aromatic carbocycles. The van der Waals surface area contributed by atoms with Gasteiger partial charge in [-0.1, -0.05) is 35.5 Å². The molecule has 2 aromatic heterocycles. The standard InChI is InChI=1S/C15H8ClF3N4S/c16-12-5-11(15(17,18)19)7-23-13(12)21-22-14(23)24-8-10-3-1-9(6-20)2-4-10/h1-5,7H,8H2. The maximum absolute atomic E-state index is 12.9. The Balaban J connectivity index is 1.89. The predicted octanol–water partition coefficient (Wildman–Crippen LogP) is 4.57. The monoisotopic (exact) mass is 368 g/mol. The minimum absolute atomic E-state index is 0.109. The molecule has 3 rings (SSSR count). The fourth-order valence-electron chi connectivity index (χ4n) is 2.01. The molecule has 0 unspecified atom stereocenters. The minimum atomic E-state index is -4.50. The molecule has 0 atom stereocenters. The number of nitriles is 1. The molecule has 0 spiro atoms. The lowest BCUT2D eigenvalue weighted by molar-refractivity contribution is -0.137. The Morgan fingerprint density at radius 2 is 1.92 bits per heavy atom. The summed E-state index contributed by atoms with van der Waals surface area (Å²) in [6.45, 7) is 0. The molecule has 0 radical (unpaired) electrons. The molecule has 0 fully saturated rings. The number of fused-ring (bicyclic) bond motifs is 1. The summed E-state index contributed by atoms with van der Waals surface area (Å²) in [5, 5.41) is 16.7. The van der Waals surface area contributed by atoms with Crippen LogP contribution in [0.25, 0.3) is 5.65 Å². The van der Waals surface area contributed by atoms with Gasteiger partial charge in [-0.3, -0.25) is 4.40 Å². The highest BCUT2D eigenvalue weighted by Crippen LogP contribution is 2.33. The van der Waals surface area contributed by atoms with Crippen LogP contribution in [0.4, 0.5) is 13.2 Å². The number of rotatable bonds is 3. The van der Waals surface area contributed by atoms with Crippen molar-refractivity contribution < 1.29 is 13.2 Å². The molecule has 0 saturated carbocycles. The van der Waals surface area contributed by atoms with E-state index in [0.717, 1.165) is 17.8 Å². The third-order valence-electron chi connectivity index (χ3n) is 3.21. The van der Waals surface area contributed by atoms with Crippen molar-refractivity contribution in [2.24, 2.45) is 0 Å². The molecule has 0 aliphatic carbocycles. The Morgan fingerprint density at radius 1 is 1.21 bits per heavy atom. The van der Waals surface area contributed by atoms with E-state index in [1.54, 1.807) is 24.3 Å². The zero-order valence-electron chi connectivity index (χ0n) is 11.9. The average molecular weight is 369 g/mol. The minimum Gasteiger partial charge on any atom is -0.276 e. The number of nitrogens with zero attached hydrogens (tertiary/aromatic N) is 4. The fraction of sp³-hybridized carbons (Fsp3) is 0.133. The molecule has 0 bridgehead atoms. The van der Waals surface area contributed by atoms with Gasteiger partial charge in [-0.25, -0.2) is 0 Å². The number of halogens is 4. The lowest BCUT2D eigenvalue weighted by atomic mass is 10.2. The van der Waals surface area contributed by atoms with E-state index in [0.29, 0.717) is 16.5 Å². The molecule has 122 valence electrons.